The monoisotopic (exact) mass is 184 g/mol. The van der Waals surface area contributed by atoms with Crippen LogP contribution in [0.15, 0.2) is 0 Å². The summed E-state index contributed by atoms with van der Waals surface area (Å²) in [5.74, 6) is -1.06. The number of Topliss-reactive ketones (excluding diaryl/α,β-unsaturated/α-hetero) is 1. The highest BCUT2D eigenvalue weighted by atomic mass is 16.6. The van der Waals surface area contributed by atoms with E-state index in [4.69, 9.17) is 4.74 Å². The number of carbonyl (C=O) groups is 2. The summed E-state index contributed by atoms with van der Waals surface area (Å²) in [6.07, 6.45) is 0. The Balaban J connectivity index is 3.11. The first-order chi connectivity index (χ1) is 5.70. The maximum Gasteiger partial charge on any atom is 0.316 e. The van der Waals surface area contributed by atoms with E-state index < -0.39 is 22.9 Å². The molecule has 3 nitrogen and oxygen atoms in total. The third-order valence-electron chi connectivity index (χ3n) is 3.22. The smallest absolute Gasteiger partial charge is 0.316 e. The van der Waals surface area contributed by atoms with Crippen LogP contribution in [0.3, 0.4) is 0 Å². The van der Waals surface area contributed by atoms with Crippen molar-refractivity contribution in [3.8, 4) is 0 Å². The van der Waals surface area contributed by atoms with Crippen LogP contribution in [0.4, 0.5) is 0 Å². The van der Waals surface area contributed by atoms with Gasteiger partial charge in [0.2, 0.25) is 0 Å². The summed E-state index contributed by atoms with van der Waals surface area (Å²) >= 11 is 0. The summed E-state index contributed by atoms with van der Waals surface area (Å²) < 4.78 is 5.21. The van der Waals surface area contributed by atoms with Crippen molar-refractivity contribution >= 4 is 11.8 Å². The van der Waals surface area contributed by atoms with Crippen molar-refractivity contribution in [1.82, 2.24) is 0 Å². The van der Waals surface area contributed by atoms with Crippen LogP contribution in [0.5, 0.6) is 0 Å². The molecule has 1 fully saturated rings. The summed E-state index contributed by atoms with van der Waals surface area (Å²) in [5.41, 5.74) is -1.30. The molecule has 1 rings (SSSR count). The van der Waals surface area contributed by atoms with Gasteiger partial charge in [0.05, 0.1) is 5.41 Å². The zero-order valence-corrected chi connectivity index (χ0v) is 8.80. The first kappa shape index (κ1) is 10.2. The number of hydrogen-bond acceptors (Lipinski definition) is 3. The van der Waals surface area contributed by atoms with Crippen molar-refractivity contribution in [1.29, 1.82) is 0 Å². The summed E-state index contributed by atoms with van der Waals surface area (Å²) in [5, 5.41) is 0. The van der Waals surface area contributed by atoms with Gasteiger partial charge in [-0.2, -0.15) is 0 Å². The second kappa shape index (κ2) is 2.56. The Hall–Kier alpha value is -0.860. The number of esters is 1. The molecule has 1 heterocycles. The molecule has 0 aromatic rings. The molecule has 0 saturated carbocycles. The lowest BCUT2D eigenvalue weighted by Gasteiger charge is -2.44. The predicted molar refractivity (Wildman–Crippen MR) is 48.1 cm³/mol. The maximum absolute atomic E-state index is 11.8. The highest BCUT2D eigenvalue weighted by Crippen LogP contribution is 2.41. The van der Waals surface area contributed by atoms with E-state index in [0.29, 0.717) is 0 Å². The van der Waals surface area contributed by atoms with Crippen LogP contribution in [-0.2, 0) is 14.3 Å². The van der Waals surface area contributed by atoms with Gasteiger partial charge in [-0.3, -0.25) is 9.59 Å². The Bertz CT molecular complexity index is 263. The number of hydrogen-bond donors (Lipinski definition) is 0. The molecule has 0 bridgehead atoms. The van der Waals surface area contributed by atoms with E-state index in [9.17, 15) is 9.59 Å². The van der Waals surface area contributed by atoms with Crippen LogP contribution in [0, 0.1) is 11.3 Å². The molecular formula is C10H16O3. The molecule has 0 amide bonds. The molecule has 3 heteroatoms. The molecule has 1 aliphatic rings. The number of rotatable bonds is 0. The maximum atomic E-state index is 11.8. The Labute approximate surface area is 78.5 Å². The molecule has 0 spiro atoms. The fourth-order valence-electron chi connectivity index (χ4n) is 1.41. The Kier molecular flexibility index (Phi) is 2.02. The standard InChI is InChI=1S/C10H16O3/c1-6-7(11)9(2,3)10(4,5)13-8(6)12/h6H,1-5H3. The fraction of sp³-hybridized carbons (Fsp3) is 0.800. The molecular weight excluding hydrogens is 168 g/mol. The first-order valence-electron chi connectivity index (χ1n) is 4.47. The minimum atomic E-state index is -0.701. The van der Waals surface area contributed by atoms with Gasteiger partial charge in [-0.25, -0.2) is 0 Å². The number of cyclic esters (lactones) is 1. The fourth-order valence-corrected chi connectivity index (χ4v) is 1.41. The largest absolute Gasteiger partial charge is 0.458 e. The quantitative estimate of drug-likeness (QED) is 0.424. The lowest BCUT2D eigenvalue weighted by Crippen LogP contribution is -2.56. The Morgan fingerprint density at radius 1 is 1.15 bits per heavy atom. The van der Waals surface area contributed by atoms with Gasteiger partial charge in [-0.05, 0) is 34.6 Å². The normalized spacial score (nSPS) is 31.3. The van der Waals surface area contributed by atoms with Gasteiger partial charge in [0, 0.05) is 0 Å². The molecule has 0 radical (unpaired) electrons. The molecule has 0 aromatic heterocycles. The van der Waals surface area contributed by atoms with Crippen LogP contribution < -0.4 is 0 Å². The van der Waals surface area contributed by atoms with Crippen LogP contribution in [-0.4, -0.2) is 17.4 Å². The van der Waals surface area contributed by atoms with E-state index in [2.05, 4.69) is 0 Å². The Morgan fingerprint density at radius 3 is 2.08 bits per heavy atom. The molecule has 0 aliphatic carbocycles. The third kappa shape index (κ3) is 1.26. The molecule has 1 aliphatic heterocycles. The minimum absolute atomic E-state index is 0.0336. The van der Waals surface area contributed by atoms with Gasteiger partial charge in [0.25, 0.3) is 0 Å². The average molecular weight is 184 g/mol. The van der Waals surface area contributed by atoms with Crippen LogP contribution in [0.2, 0.25) is 0 Å². The third-order valence-corrected chi connectivity index (χ3v) is 3.22. The van der Waals surface area contributed by atoms with Crippen molar-refractivity contribution in [2.24, 2.45) is 11.3 Å². The van der Waals surface area contributed by atoms with Gasteiger partial charge in [0.15, 0.2) is 5.78 Å². The summed E-state index contributed by atoms with van der Waals surface area (Å²) in [7, 11) is 0. The number of ketones is 1. The van der Waals surface area contributed by atoms with Gasteiger partial charge in [0.1, 0.15) is 11.5 Å². The van der Waals surface area contributed by atoms with Gasteiger partial charge in [-0.15, -0.1) is 0 Å². The highest BCUT2D eigenvalue weighted by molar-refractivity contribution is 6.04. The van der Waals surface area contributed by atoms with E-state index >= 15 is 0 Å². The number of ether oxygens (including phenoxy) is 1. The predicted octanol–water partition coefficient (Wildman–Crippen LogP) is 1.55. The summed E-state index contributed by atoms with van der Waals surface area (Å²) in [6.45, 7) is 8.78. The number of carbonyl (C=O) groups excluding carboxylic acids is 2. The van der Waals surface area contributed by atoms with Gasteiger partial charge < -0.3 is 4.74 Å². The van der Waals surface area contributed by atoms with E-state index in [0.717, 1.165) is 0 Å². The van der Waals surface area contributed by atoms with Crippen molar-refractivity contribution in [3.05, 3.63) is 0 Å². The Morgan fingerprint density at radius 2 is 1.62 bits per heavy atom. The molecule has 13 heavy (non-hydrogen) atoms. The summed E-state index contributed by atoms with van der Waals surface area (Å²) in [6, 6.07) is 0. The van der Waals surface area contributed by atoms with Crippen LogP contribution >= 0.6 is 0 Å². The molecule has 1 unspecified atom stereocenters. The van der Waals surface area contributed by atoms with Crippen molar-refractivity contribution < 1.29 is 14.3 Å². The van der Waals surface area contributed by atoms with Crippen molar-refractivity contribution in [3.63, 3.8) is 0 Å². The van der Waals surface area contributed by atoms with Crippen molar-refractivity contribution in [2.45, 2.75) is 40.2 Å². The molecule has 74 valence electrons. The zero-order valence-electron chi connectivity index (χ0n) is 8.80. The SMILES string of the molecule is CC1C(=O)OC(C)(C)C(C)(C)C1=O. The van der Waals surface area contributed by atoms with E-state index in [-0.39, 0.29) is 5.78 Å². The van der Waals surface area contributed by atoms with E-state index in [1.54, 1.807) is 20.8 Å². The summed E-state index contributed by atoms with van der Waals surface area (Å²) in [4.78, 5) is 23.0. The zero-order chi connectivity index (χ0) is 10.4. The molecule has 0 aromatic carbocycles. The average Bonchev–Trinajstić information content (AvgIpc) is 1.98. The van der Waals surface area contributed by atoms with Gasteiger partial charge >= 0.3 is 5.97 Å². The minimum Gasteiger partial charge on any atom is -0.458 e. The van der Waals surface area contributed by atoms with Gasteiger partial charge in [-0.1, -0.05) is 0 Å². The van der Waals surface area contributed by atoms with E-state index in [1.165, 1.54) is 0 Å². The molecule has 0 N–H and O–H groups in total. The first-order valence-corrected chi connectivity index (χ1v) is 4.47. The topological polar surface area (TPSA) is 43.4 Å². The molecule has 1 atom stereocenters. The second-order valence-electron chi connectivity index (χ2n) is 4.64. The van der Waals surface area contributed by atoms with Crippen LogP contribution in [0.25, 0.3) is 0 Å². The van der Waals surface area contributed by atoms with Crippen LogP contribution in [0.1, 0.15) is 34.6 Å². The lowest BCUT2D eigenvalue weighted by atomic mass is 9.68. The highest BCUT2D eigenvalue weighted by Gasteiger charge is 2.53. The molecule has 1 saturated heterocycles. The second-order valence-corrected chi connectivity index (χ2v) is 4.64. The lowest BCUT2D eigenvalue weighted by molar-refractivity contribution is -0.190. The van der Waals surface area contributed by atoms with Crippen molar-refractivity contribution in [2.75, 3.05) is 0 Å². The van der Waals surface area contributed by atoms with E-state index in [1.807, 2.05) is 13.8 Å².